The molecule has 0 unspecified atom stereocenters. The Morgan fingerprint density at radius 2 is 1.66 bits per heavy atom. The maximum absolute atomic E-state index is 12.7. The standard InChI is InChI=1S/C26H20Cl2O4/c1-26(2,3)17-7-5-16(6-8-17)25(30)31-18-9-10-19-22(14-18)32-23(24(19)29)13-15-4-11-20(27)21(28)12-15/h4-14H,1-3H3. The maximum atomic E-state index is 12.7. The zero-order valence-electron chi connectivity index (χ0n) is 17.7. The van der Waals surface area contributed by atoms with Crippen molar-refractivity contribution < 1.29 is 19.1 Å². The van der Waals surface area contributed by atoms with Crippen LogP contribution in [-0.2, 0) is 5.41 Å². The molecular formula is C26H20Cl2O4. The number of ether oxygens (including phenoxy) is 2. The topological polar surface area (TPSA) is 52.6 Å². The van der Waals surface area contributed by atoms with Crippen molar-refractivity contribution in [1.29, 1.82) is 0 Å². The third-order valence-corrected chi connectivity index (χ3v) is 5.82. The number of hydrogen-bond donors (Lipinski definition) is 0. The van der Waals surface area contributed by atoms with Crippen LogP contribution in [0, 0.1) is 0 Å². The van der Waals surface area contributed by atoms with Crippen molar-refractivity contribution in [2.75, 3.05) is 0 Å². The summed E-state index contributed by atoms with van der Waals surface area (Å²) >= 11 is 12.0. The molecule has 3 aromatic rings. The number of Topliss-reactive ketones (excluding diaryl/α,β-unsaturated/α-hetero) is 1. The summed E-state index contributed by atoms with van der Waals surface area (Å²) in [6.45, 7) is 6.32. The van der Waals surface area contributed by atoms with Crippen LogP contribution in [0.1, 0.15) is 52.6 Å². The van der Waals surface area contributed by atoms with Crippen molar-refractivity contribution in [3.8, 4) is 11.5 Å². The molecule has 0 saturated carbocycles. The molecule has 4 rings (SSSR count). The van der Waals surface area contributed by atoms with Gasteiger partial charge in [-0.15, -0.1) is 0 Å². The first-order valence-electron chi connectivity index (χ1n) is 9.98. The van der Waals surface area contributed by atoms with Crippen molar-refractivity contribution in [3.05, 3.63) is 98.7 Å². The summed E-state index contributed by atoms with van der Waals surface area (Å²) in [6, 6.07) is 17.0. The number of fused-ring (bicyclic) bond motifs is 1. The summed E-state index contributed by atoms with van der Waals surface area (Å²) in [5.41, 5.74) is 2.64. The largest absolute Gasteiger partial charge is 0.452 e. The average Bonchev–Trinajstić information content (AvgIpc) is 3.05. The summed E-state index contributed by atoms with van der Waals surface area (Å²) in [4.78, 5) is 25.2. The molecule has 4 nitrogen and oxygen atoms in total. The van der Waals surface area contributed by atoms with Crippen LogP contribution in [0.3, 0.4) is 0 Å². The molecule has 32 heavy (non-hydrogen) atoms. The van der Waals surface area contributed by atoms with E-state index in [0.29, 0.717) is 32.5 Å². The zero-order chi connectivity index (χ0) is 23.0. The lowest BCUT2D eigenvalue weighted by atomic mass is 9.87. The Morgan fingerprint density at radius 1 is 0.938 bits per heavy atom. The molecule has 6 heteroatoms. The minimum atomic E-state index is -0.485. The lowest BCUT2D eigenvalue weighted by Gasteiger charge is -2.18. The van der Waals surface area contributed by atoms with E-state index in [-0.39, 0.29) is 22.7 Å². The first-order valence-corrected chi connectivity index (χ1v) is 10.7. The number of hydrogen-bond acceptors (Lipinski definition) is 4. The SMILES string of the molecule is CC(C)(C)c1ccc(C(=O)Oc2ccc3c(c2)OC(=Cc2ccc(Cl)c(Cl)c2)C3=O)cc1. The minimum absolute atomic E-state index is 0.00509. The quantitative estimate of drug-likeness (QED) is 0.234. The second kappa shape index (κ2) is 8.45. The monoisotopic (exact) mass is 466 g/mol. The Labute approximate surface area is 196 Å². The van der Waals surface area contributed by atoms with Crippen LogP contribution in [-0.4, -0.2) is 11.8 Å². The molecule has 0 spiro atoms. The number of benzene rings is 3. The molecule has 0 N–H and O–H groups in total. The van der Waals surface area contributed by atoms with Gasteiger partial charge < -0.3 is 9.47 Å². The molecule has 0 bridgehead atoms. The lowest BCUT2D eigenvalue weighted by Crippen LogP contribution is -2.12. The Hall–Kier alpha value is -3.08. The Morgan fingerprint density at radius 3 is 2.31 bits per heavy atom. The van der Waals surface area contributed by atoms with Gasteiger partial charge in [0.2, 0.25) is 5.78 Å². The molecule has 3 aromatic carbocycles. The molecule has 1 aliphatic heterocycles. The highest BCUT2D eigenvalue weighted by Crippen LogP contribution is 2.35. The van der Waals surface area contributed by atoms with Crippen molar-refractivity contribution in [3.63, 3.8) is 0 Å². The van der Waals surface area contributed by atoms with E-state index in [1.54, 1.807) is 48.5 Å². The van der Waals surface area contributed by atoms with Crippen molar-refractivity contribution in [1.82, 2.24) is 0 Å². The van der Waals surface area contributed by atoms with Crippen LogP contribution in [0.4, 0.5) is 0 Å². The van der Waals surface area contributed by atoms with Gasteiger partial charge in [-0.3, -0.25) is 4.79 Å². The van der Waals surface area contributed by atoms with Crippen molar-refractivity contribution in [2.24, 2.45) is 0 Å². The predicted molar refractivity (Wildman–Crippen MR) is 126 cm³/mol. The number of esters is 1. The summed E-state index contributed by atoms with van der Waals surface area (Å²) in [7, 11) is 0. The van der Waals surface area contributed by atoms with E-state index in [9.17, 15) is 9.59 Å². The molecule has 1 heterocycles. The normalized spacial score (nSPS) is 14.3. The van der Waals surface area contributed by atoms with Crippen molar-refractivity contribution >= 4 is 41.0 Å². The molecule has 162 valence electrons. The smallest absolute Gasteiger partial charge is 0.343 e. The van der Waals surface area contributed by atoms with Gasteiger partial charge in [-0.1, -0.05) is 62.2 Å². The first-order chi connectivity index (χ1) is 15.1. The van der Waals surface area contributed by atoms with Gasteiger partial charge >= 0.3 is 5.97 Å². The zero-order valence-corrected chi connectivity index (χ0v) is 19.3. The highest BCUT2D eigenvalue weighted by Gasteiger charge is 2.28. The number of allylic oxidation sites excluding steroid dienone is 1. The fourth-order valence-corrected chi connectivity index (χ4v) is 3.56. The van der Waals surface area contributed by atoms with E-state index in [4.69, 9.17) is 32.7 Å². The van der Waals surface area contributed by atoms with E-state index < -0.39 is 5.97 Å². The van der Waals surface area contributed by atoms with Gasteiger partial charge in [-0.25, -0.2) is 4.79 Å². The molecule has 0 amide bonds. The Balaban J connectivity index is 1.51. The van der Waals surface area contributed by atoms with Gasteiger partial charge in [0.25, 0.3) is 0 Å². The maximum Gasteiger partial charge on any atom is 0.343 e. The van der Waals surface area contributed by atoms with Crippen LogP contribution in [0.15, 0.2) is 66.4 Å². The van der Waals surface area contributed by atoms with Crippen LogP contribution in [0.25, 0.3) is 6.08 Å². The molecule has 0 atom stereocenters. The van der Waals surface area contributed by atoms with Crippen molar-refractivity contribution in [2.45, 2.75) is 26.2 Å². The minimum Gasteiger partial charge on any atom is -0.452 e. The van der Waals surface area contributed by atoms with E-state index >= 15 is 0 Å². The molecule has 0 aromatic heterocycles. The summed E-state index contributed by atoms with van der Waals surface area (Å²) in [5, 5.41) is 0.809. The van der Waals surface area contributed by atoms with Gasteiger partial charge in [0, 0.05) is 6.07 Å². The number of carbonyl (C=O) groups excluding carboxylic acids is 2. The van der Waals surface area contributed by atoms with E-state index in [0.717, 1.165) is 5.56 Å². The predicted octanol–water partition coefficient (Wildman–Crippen LogP) is 7.13. The number of halogens is 2. The van der Waals surface area contributed by atoms with Crippen LogP contribution >= 0.6 is 23.2 Å². The Kier molecular flexibility index (Phi) is 5.85. The second-order valence-electron chi connectivity index (χ2n) is 8.49. The molecule has 0 fully saturated rings. The van der Waals surface area contributed by atoms with Gasteiger partial charge in [0.15, 0.2) is 5.76 Å². The highest BCUT2D eigenvalue weighted by molar-refractivity contribution is 6.42. The molecule has 1 aliphatic rings. The summed E-state index contributed by atoms with van der Waals surface area (Å²) in [6.07, 6.45) is 1.59. The van der Waals surface area contributed by atoms with Gasteiger partial charge in [0.1, 0.15) is 11.5 Å². The molecular weight excluding hydrogens is 447 g/mol. The third-order valence-electron chi connectivity index (χ3n) is 5.08. The van der Waals surface area contributed by atoms with Crippen LogP contribution in [0.5, 0.6) is 11.5 Å². The lowest BCUT2D eigenvalue weighted by molar-refractivity contribution is 0.0734. The number of rotatable bonds is 3. The summed E-state index contributed by atoms with van der Waals surface area (Å²) in [5.74, 6) is 0.0228. The first kappa shape index (κ1) is 22.1. The van der Waals surface area contributed by atoms with Gasteiger partial charge in [-0.2, -0.15) is 0 Å². The number of ketones is 1. The molecule has 0 radical (unpaired) electrons. The van der Waals surface area contributed by atoms with Gasteiger partial charge in [0.05, 0.1) is 21.2 Å². The number of carbonyl (C=O) groups is 2. The van der Waals surface area contributed by atoms with Crippen LogP contribution in [0.2, 0.25) is 10.0 Å². The molecule has 0 saturated heterocycles. The highest BCUT2D eigenvalue weighted by atomic mass is 35.5. The molecule has 0 aliphatic carbocycles. The third kappa shape index (κ3) is 4.57. The van der Waals surface area contributed by atoms with Gasteiger partial charge in [-0.05, 0) is 59.0 Å². The summed E-state index contributed by atoms with van der Waals surface area (Å²) < 4.78 is 11.2. The average molecular weight is 467 g/mol. The van der Waals surface area contributed by atoms with Crippen LogP contribution < -0.4 is 9.47 Å². The van der Waals surface area contributed by atoms with E-state index in [2.05, 4.69) is 20.8 Å². The fraction of sp³-hybridized carbons (Fsp3) is 0.154. The fourth-order valence-electron chi connectivity index (χ4n) is 3.26. The second-order valence-corrected chi connectivity index (χ2v) is 9.30. The van der Waals surface area contributed by atoms with E-state index in [1.165, 1.54) is 6.07 Å². The van der Waals surface area contributed by atoms with E-state index in [1.807, 2.05) is 12.1 Å². The Bertz CT molecular complexity index is 1250.